The monoisotopic (exact) mass is 366 g/mol. The molecule has 3 aliphatic rings. The molecule has 7 nitrogen and oxygen atoms in total. The quantitative estimate of drug-likeness (QED) is 0.832. The summed E-state index contributed by atoms with van der Waals surface area (Å²) in [5.41, 5.74) is 0. The minimum Gasteiger partial charge on any atom is -0.450 e. The van der Waals surface area contributed by atoms with Gasteiger partial charge in [-0.3, -0.25) is 0 Å². The van der Waals surface area contributed by atoms with Crippen LogP contribution in [0.15, 0.2) is 0 Å². The number of hydrogen-bond donors (Lipinski definition) is 1. The van der Waals surface area contributed by atoms with E-state index in [2.05, 4.69) is 10.2 Å². The third-order valence-electron chi connectivity index (χ3n) is 5.81. The van der Waals surface area contributed by atoms with Gasteiger partial charge in [-0.15, -0.1) is 0 Å². The molecule has 0 aliphatic carbocycles. The van der Waals surface area contributed by atoms with E-state index >= 15 is 0 Å². The van der Waals surface area contributed by atoms with Crippen molar-refractivity contribution >= 4 is 12.1 Å². The van der Waals surface area contributed by atoms with E-state index in [4.69, 9.17) is 4.74 Å². The van der Waals surface area contributed by atoms with Gasteiger partial charge in [-0.1, -0.05) is 6.42 Å². The van der Waals surface area contributed by atoms with Crippen molar-refractivity contribution in [1.29, 1.82) is 0 Å². The lowest BCUT2D eigenvalue weighted by Gasteiger charge is -2.35. The van der Waals surface area contributed by atoms with Crippen LogP contribution in [0.1, 0.15) is 51.9 Å². The van der Waals surface area contributed by atoms with E-state index in [1.165, 1.54) is 6.42 Å². The Balaban J connectivity index is 1.46. The van der Waals surface area contributed by atoms with Gasteiger partial charge in [0.2, 0.25) is 0 Å². The maximum Gasteiger partial charge on any atom is 0.409 e. The van der Waals surface area contributed by atoms with Gasteiger partial charge in [-0.25, -0.2) is 9.59 Å². The summed E-state index contributed by atoms with van der Waals surface area (Å²) in [5, 5.41) is 3.77. The summed E-state index contributed by atoms with van der Waals surface area (Å²) in [6.45, 7) is 7.30. The van der Waals surface area contributed by atoms with Gasteiger partial charge in [0, 0.05) is 51.4 Å². The number of hydrogen-bond acceptors (Lipinski definition) is 4. The van der Waals surface area contributed by atoms with Crippen LogP contribution in [0, 0.1) is 0 Å². The Labute approximate surface area is 157 Å². The standard InChI is InChI=1S/C19H34N4O3/c1-2-26-19(25)22-13-8-16(9-14-22)20-17-7-3-4-12-23(15-17)18(24)21-10-5-6-11-21/h16-17,20H,2-15H2,1H3. The van der Waals surface area contributed by atoms with Crippen LogP contribution in [0.3, 0.4) is 0 Å². The number of likely N-dealkylation sites (tertiary alicyclic amines) is 3. The summed E-state index contributed by atoms with van der Waals surface area (Å²) < 4.78 is 5.09. The number of piperidine rings is 1. The predicted molar refractivity (Wildman–Crippen MR) is 100 cm³/mol. The van der Waals surface area contributed by atoms with Crippen LogP contribution in [-0.4, -0.2) is 84.8 Å². The first-order chi connectivity index (χ1) is 12.7. The fourth-order valence-corrected chi connectivity index (χ4v) is 4.34. The predicted octanol–water partition coefficient (Wildman–Crippen LogP) is 2.27. The Bertz CT molecular complexity index is 473. The number of amides is 3. The lowest BCUT2D eigenvalue weighted by atomic mass is 10.0. The first-order valence-corrected chi connectivity index (χ1v) is 10.4. The Morgan fingerprint density at radius 2 is 1.50 bits per heavy atom. The third-order valence-corrected chi connectivity index (χ3v) is 5.81. The highest BCUT2D eigenvalue weighted by molar-refractivity contribution is 5.74. The summed E-state index contributed by atoms with van der Waals surface area (Å²) >= 11 is 0. The van der Waals surface area contributed by atoms with E-state index in [0.29, 0.717) is 18.7 Å². The number of nitrogens with one attached hydrogen (secondary N) is 1. The molecule has 26 heavy (non-hydrogen) atoms. The molecule has 3 aliphatic heterocycles. The number of nitrogens with zero attached hydrogens (tertiary/aromatic N) is 3. The fraction of sp³-hybridized carbons (Fsp3) is 0.895. The van der Waals surface area contributed by atoms with Crippen molar-refractivity contribution in [3.8, 4) is 0 Å². The molecule has 1 N–H and O–H groups in total. The molecule has 3 amide bonds. The van der Waals surface area contributed by atoms with Crippen molar-refractivity contribution in [2.24, 2.45) is 0 Å². The number of rotatable bonds is 3. The van der Waals surface area contributed by atoms with Crippen molar-refractivity contribution in [3.63, 3.8) is 0 Å². The van der Waals surface area contributed by atoms with Crippen molar-refractivity contribution in [2.45, 2.75) is 64.0 Å². The average Bonchev–Trinajstić information content (AvgIpc) is 3.09. The molecule has 3 heterocycles. The zero-order valence-electron chi connectivity index (χ0n) is 16.1. The van der Waals surface area contributed by atoms with Crippen LogP contribution >= 0.6 is 0 Å². The van der Waals surface area contributed by atoms with Gasteiger partial charge in [0.05, 0.1) is 6.61 Å². The van der Waals surface area contributed by atoms with E-state index in [9.17, 15) is 9.59 Å². The molecular weight excluding hydrogens is 332 g/mol. The highest BCUT2D eigenvalue weighted by Crippen LogP contribution is 2.18. The van der Waals surface area contributed by atoms with E-state index in [-0.39, 0.29) is 12.1 Å². The van der Waals surface area contributed by atoms with Gasteiger partial charge in [-0.05, 0) is 45.4 Å². The number of ether oxygens (including phenoxy) is 1. The van der Waals surface area contributed by atoms with Gasteiger partial charge in [0.25, 0.3) is 0 Å². The maximum atomic E-state index is 12.7. The molecule has 1 unspecified atom stereocenters. The van der Waals surface area contributed by atoms with Crippen LogP contribution in [-0.2, 0) is 4.74 Å². The zero-order valence-corrected chi connectivity index (χ0v) is 16.1. The Hall–Kier alpha value is -1.50. The topological polar surface area (TPSA) is 65.1 Å². The van der Waals surface area contributed by atoms with E-state index in [1.807, 2.05) is 11.8 Å². The van der Waals surface area contributed by atoms with Gasteiger partial charge < -0.3 is 24.8 Å². The lowest BCUT2D eigenvalue weighted by molar-refractivity contribution is 0.0934. The average molecular weight is 367 g/mol. The highest BCUT2D eigenvalue weighted by Gasteiger charge is 2.30. The molecule has 0 aromatic rings. The number of urea groups is 1. The molecule has 0 saturated carbocycles. The zero-order chi connectivity index (χ0) is 18.4. The van der Waals surface area contributed by atoms with Crippen molar-refractivity contribution in [2.75, 3.05) is 45.9 Å². The molecule has 3 rings (SSSR count). The molecule has 148 valence electrons. The minimum atomic E-state index is -0.192. The SMILES string of the molecule is CCOC(=O)N1CCC(NC2CCCCN(C(=O)N3CCCC3)C2)CC1. The largest absolute Gasteiger partial charge is 0.450 e. The molecule has 7 heteroatoms. The van der Waals surface area contributed by atoms with Gasteiger partial charge in [0.15, 0.2) is 0 Å². The molecule has 3 saturated heterocycles. The van der Waals surface area contributed by atoms with Crippen LogP contribution in [0.5, 0.6) is 0 Å². The van der Waals surface area contributed by atoms with Crippen LogP contribution in [0.4, 0.5) is 9.59 Å². The molecule has 3 fully saturated rings. The second-order valence-electron chi connectivity index (χ2n) is 7.74. The van der Waals surface area contributed by atoms with Crippen molar-refractivity contribution < 1.29 is 14.3 Å². The molecule has 0 bridgehead atoms. The molecule has 1 atom stereocenters. The van der Waals surface area contributed by atoms with Crippen LogP contribution in [0.25, 0.3) is 0 Å². The van der Waals surface area contributed by atoms with E-state index < -0.39 is 0 Å². The summed E-state index contributed by atoms with van der Waals surface area (Å²) in [6.07, 6.45) is 7.39. The summed E-state index contributed by atoms with van der Waals surface area (Å²) in [5.74, 6) is 0. The Morgan fingerprint density at radius 3 is 2.19 bits per heavy atom. The Morgan fingerprint density at radius 1 is 0.846 bits per heavy atom. The highest BCUT2D eigenvalue weighted by atomic mass is 16.6. The van der Waals surface area contributed by atoms with Gasteiger partial charge in [-0.2, -0.15) is 0 Å². The molecule has 0 radical (unpaired) electrons. The second-order valence-corrected chi connectivity index (χ2v) is 7.74. The summed E-state index contributed by atoms with van der Waals surface area (Å²) in [6, 6.07) is 1.02. The van der Waals surface area contributed by atoms with Gasteiger partial charge >= 0.3 is 12.1 Å². The second kappa shape index (κ2) is 9.44. The molecule has 0 aromatic heterocycles. The van der Waals surface area contributed by atoms with Crippen molar-refractivity contribution in [1.82, 2.24) is 20.0 Å². The van der Waals surface area contributed by atoms with Crippen LogP contribution in [0.2, 0.25) is 0 Å². The minimum absolute atomic E-state index is 0.192. The first kappa shape index (κ1) is 19.3. The number of carbonyl (C=O) groups is 2. The Kier molecular flexibility index (Phi) is 7.00. The number of carbonyl (C=O) groups excluding carboxylic acids is 2. The smallest absolute Gasteiger partial charge is 0.409 e. The fourth-order valence-electron chi connectivity index (χ4n) is 4.34. The first-order valence-electron chi connectivity index (χ1n) is 10.4. The lowest BCUT2D eigenvalue weighted by Crippen LogP contribution is -2.52. The van der Waals surface area contributed by atoms with Gasteiger partial charge in [0.1, 0.15) is 0 Å². The maximum absolute atomic E-state index is 12.7. The molecular formula is C19H34N4O3. The van der Waals surface area contributed by atoms with Crippen LogP contribution < -0.4 is 5.32 Å². The molecule has 0 aromatic carbocycles. The van der Waals surface area contributed by atoms with E-state index in [1.54, 1.807) is 4.90 Å². The third kappa shape index (κ3) is 5.02. The molecule has 0 spiro atoms. The van der Waals surface area contributed by atoms with E-state index in [0.717, 1.165) is 77.8 Å². The normalized spacial score (nSPS) is 25.3. The summed E-state index contributed by atoms with van der Waals surface area (Å²) in [4.78, 5) is 30.4. The summed E-state index contributed by atoms with van der Waals surface area (Å²) in [7, 11) is 0. The van der Waals surface area contributed by atoms with Crippen molar-refractivity contribution in [3.05, 3.63) is 0 Å².